The number of halogens is 2. The van der Waals surface area contributed by atoms with Crippen LogP contribution in [0.25, 0.3) is 0 Å². The number of ether oxygens (including phenoxy) is 1. The molecule has 1 heterocycles. The Morgan fingerprint density at radius 3 is 2.61 bits per heavy atom. The summed E-state index contributed by atoms with van der Waals surface area (Å²) in [5, 5.41) is 7.06. The Hall–Kier alpha value is -0.600. The Morgan fingerprint density at radius 1 is 1.35 bits per heavy atom. The first-order valence-corrected chi connectivity index (χ1v) is 8.11. The number of rotatable bonds is 8. The Kier molecular flexibility index (Phi) is 12.4. The van der Waals surface area contributed by atoms with Crippen molar-refractivity contribution in [1.82, 2.24) is 15.6 Å². The Bertz CT molecular complexity index is 454. The summed E-state index contributed by atoms with van der Waals surface area (Å²) in [5.41, 5.74) is 1.06. The van der Waals surface area contributed by atoms with Crippen molar-refractivity contribution < 1.29 is 4.74 Å². The van der Waals surface area contributed by atoms with Crippen molar-refractivity contribution in [3.05, 3.63) is 29.0 Å². The standard InChI is InChI=1S/C16H27ClN4O.HI/c1-5-22-14(12(2)3)8-9-19-16(18-4)21-11-13-6-7-15(17)20-10-13;/h6-7,10,12,14H,5,8-9,11H2,1-4H3,(H2,18,19,21);1H. The van der Waals surface area contributed by atoms with Gasteiger partial charge in [-0.25, -0.2) is 4.98 Å². The molecular formula is C16H28ClIN4O. The zero-order valence-corrected chi connectivity index (χ0v) is 17.4. The van der Waals surface area contributed by atoms with Gasteiger partial charge in [0, 0.05) is 32.9 Å². The molecular weight excluding hydrogens is 427 g/mol. The summed E-state index contributed by atoms with van der Waals surface area (Å²) in [6.07, 6.45) is 2.98. The highest BCUT2D eigenvalue weighted by Crippen LogP contribution is 2.10. The molecule has 0 aromatic carbocycles. The van der Waals surface area contributed by atoms with Crippen LogP contribution in [0.3, 0.4) is 0 Å². The Labute approximate surface area is 161 Å². The van der Waals surface area contributed by atoms with E-state index in [1.807, 2.05) is 13.0 Å². The monoisotopic (exact) mass is 454 g/mol. The van der Waals surface area contributed by atoms with Gasteiger partial charge in [0.05, 0.1) is 6.10 Å². The smallest absolute Gasteiger partial charge is 0.191 e. The van der Waals surface area contributed by atoms with Crippen LogP contribution < -0.4 is 10.6 Å². The van der Waals surface area contributed by atoms with Crippen molar-refractivity contribution in [2.45, 2.75) is 39.8 Å². The van der Waals surface area contributed by atoms with E-state index in [9.17, 15) is 0 Å². The Morgan fingerprint density at radius 2 is 2.09 bits per heavy atom. The summed E-state index contributed by atoms with van der Waals surface area (Å²) >= 11 is 5.77. The van der Waals surface area contributed by atoms with Gasteiger partial charge in [0.15, 0.2) is 5.96 Å². The molecule has 0 aliphatic rings. The van der Waals surface area contributed by atoms with E-state index in [1.165, 1.54) is 0 Å². The molecule has 0 amide bonds. The maximum absolute atomic E-state index is 5.77. The second-order valence-electron chi connectivity index (χ2n) is 5.37. The maximum atomic E-state index is 5.77. The second-order valence-corrected chi connectivity index (χ2v) is 5.76. The molecule has 0 aliphatic carbocycles. The zero-order chi connectivity index (χ0) is 16.4. The number of aromatic nitrogens is 1. The van der Waals surface area contributed by atoms with Gasteiger partial charge < -0.3 is 15.4 Å². The molecule has 1 unspecified atom stereocenters. The van der Waals surface area contributed by atoms with Crippen molar-refractivity contribution in [2.24, 2.45) is 10.9 Å². The van der Waals surface area contributed by atoms with Crippen molar-refractivity contribution >= 4 is 41.5 Å². The average molecular weight is 455 g/mol. The lowest BCUT2D eigenvalue weighted by Gasteiger charge is -2.21. The predicted molar refractivity (Wildman–Crippen MR) is 108 cm³/mol. The fourth-order valence-electron chi connectivity index (χ4n) is 2.07. The molecule has 1 aromatic heterocycles. The lowest BCUT2D eigenvalue weighted by molar-refractivity contribution is 0.0258. The molecule has 0 aliphatic heterocycles. The summed E-state index contributed by atoms with van der Waals surface area (Å²) in [6.45, 7) is 8.62. The first-order valence-electron chi connectivity index (χ1n) is 7.73. The van der Waals surface area contributed by atoms with E-state index in [-0.39, 0.29) is 30.1 Å². The summed E-state index contributed by atoms with van der Waals surface area (Å²) in [4.78, 5) is 8.27. The van der Waals surface area contributed by atoms with Crippen LogP contribution in [0.4, 0.5) is 0 Å². The lowest BCUT2D eigenvalue weighted by Crippen LogP contribution is -2.38. The fourth-order valence-corrected chi connectivity index (χ4v) is 2.19. The van der Waals surface area contributed by atoms with Gasteiger partial charge in [-0.05, 0) is 30.9 Å². The van der Waals surface area contributed by atoms with Gasteiger partial charge in [0.25, 0.3) is 0 Å². The topological polar surface area (TPSA) is 58.5 Å². The van der Waals surface area contributed by atoms with Crippen molar-refractivity contribution in [3.8, 4) is 0 Å². The number of pyridine rings is 1. The lowest BCUT2D eigenvalue weighted by atomic mass is 10.0. The van der Waals surface area contributed by atoms with Gasteiger partial charge >= 0.3 is 0 Å². The molecule has 5 nitrogen and oxygen atoms in total. The third-order valence-corrected chi connectivity index (χ3v) is 3.54. The first kappa shape index (κ1) is 22.4. The van der Waals surface area contributed by atoms with Gasteiger partial charge in [-0.2, -0.15) is 0 Å². The number of nitrogens with one attached hydrogen (secondary N) is 2. The molecule has 0 fully saturated rings. The molecule has 0 radical (unpaired) electrons. The van der Waals surface area contributed by atoms with Crippen LogP contribution in [-0.4, -0.2) is 37.2 Å². The van der Waals surface area contributed by atoms with Crippen LogP contribution in [0.1, 0.15) is 32.8 Å². The van der Waals surface area contributed by atoms with Crippen LogP contribution in [0.5, 0.6) is 0 Å². The number of hydrogen-bond donors (Lipinski definition) is 2. The van der Waals surface area contributed by atoms with Gasteiger partial charge in [0.2, 0.25) is 0 Å². The minimum absolute atomic E-state index is 0. The maximum Gasteiger partial charge on any atom is 0.191 e. The van der Waals surface area contributed by atoms with Crippen LogP contribution in [0, 0.1) is 5.92 Å². The molecule has 0 saturated heterocycles. The van der Waals surface area contributed by atoms with E-state index in [4.69, 9.17) is 16.3 Å². The first-order chi connectivity index (χ1) is 10.6. The molecule has 132 valence electrons. The molecule has 1 rings (SSSR count). The highest BCUT2D eigenvalue weighted by Gasteiger charge is 2.12. The van der Waals surface area contributed by atoms with Crippen LogP contribution in [0.15, 0.2) is 23.3 Å². The normalized spacial score (nSPS) is 12.7. The van der Waals surface area contributed by atoms with Gasteiger partial charge in [-0.15, -0.1) is 24.0 Å². The SMILES string of the molecule is CCOC(CCNC(=NC)NCc1ccc(Cl)nc1)C(C)C.I. The summed E-state index contributed by atoms with van der Waals surface area (Å²) in [6, 6.07) is 3.73. The van der Waals surface area contributed by atoms with E-state index in [0.29, 0.717) is 17.6 Å². The average Bonchev–Trinajstić information content (AvgIpc) is 2.51. The van der Waals surface area contributed by atoms with Crippen molar-refractivity contribution in [2.75, 3.05) is 20.2 Å². The number of guanidine groups is 1. The van der Waals surface area contributed by atoms with E-state index >= 15 is 0 Å². The fraction of sp³-hybridized carbons (Fsp3) is 0.625. The minimum atomic E-state index is 0. The van der Waals surface area contributed by atoms with E-state index in [2.05, 4.69) is 34.5 Å². The molecule has 0 spiro atoms. The molecule has 0 saturated carbocycles. The number of nitrogens with zero attached hydrogens (tertiary/aromatic N) is 2. The van der Waals surface area contributed by atoms with Gasteiger partial charge in [0.1, 0.15) is 5.15 Å². The summed E-state index contributed by atoms with van der Waals surface area (Å²) in [5.74, 6) is 1.28. The largest absolute Gasteiger partial charge is 0.378 e. The minimum Gasteiger partial charge on any atom is -0.378 e. The molecule has 23 heavy (non-hydrogen) atoms. The molecule has 7 heteroatoms. The third kappa shape index (κ3) is 9.32. The van der Waals surface area contributed by atoms with Gasteiger partial charge in [-0.1, -0.05) is 31.5 Å². The zero-order valence-electron chi connectivity index (χ0n) is 14.3. The quantitative estimate of drug-likeness (QED) is 0.273. The number of aliphatic imine (C=N–C) groups is 1. The summed E-state index contributed by atoms with van der Waals surface area (Å²) < 4.78 is 5.74. The van der Waals surface area contributed by atoms with Crippen LogP contribution in [0.2, 0.25) is 5.15 Å². The number of hydrogen-bond acceptors (Lipinski definition) is 3. The van der Waals surface area contributed by atoms with Crippen molar-refractivity contribution in [3.63, 3.8) is 0 Å². The van der Waals surface area contributed by atoms with Crippen LogP contribution >= 0.6 is 35.6 Å². The van der Waals surface area contributed by atoms with E-state index < -0.39 is 0 Å². The van der Waals surface area contributed by atoms with Gasteiger partial charge in [-0.3, -0.25) is 4.99 Å². The molecule has 1 aromatic rings. The molecule has 2 N–H and O–H groups in total. The van der Waals surface area contributed by atoms with E-state index in [1.54, 1.807) is 19.3 Å². The third-order valence-electron chi connectivity index (χ3n) is 3.32. The highest BCUT2D eigenvalue weighted by atomic mass is 127. The summed E-state index contributed by atoms with van der Waals surface area (Å²) in [7, 11) is 1.76. The second kappa shape index (κ2) is 12.8. The molecule has 0 bridgehead atoms. The highest BCUT2D eigenvalue weighted by molar-refractivity contribution is 14.0. The van der Waals surface area contributed by atoms with Crippen LogP contribution in [-0.2, 0) is 11.3 Å². The van der Waals surface area contributed by atoms with E-state index in [0.717, 1.165) is 31.1 Å². The molecule has 1 atom stereocenters. The predicted octanol–water partition coefficient (Wildman–Crippen LogP) is 3.47. The Balaban J connectivity index is 0.00000484. The van der Waals surface area contributed by atoms with Crippen molar-refractivity contribution in [1.29, 1.82) is 0 Å².